The van der Waals surface area contributed by atoms with Gasteiger partial charge in [0.1, 0.15) is 12.0 Å². The number of sulfone groups is 1. The van der Waals surface area contributed by atoms with Crippen LogP contribution in [0.3, 0.4) is 0 Å². The van der Waals surface area contributed by atoms with Crippen molar-refractivity contribution >= 4 is 21.9 Å². The summed E-state index contributed by atoms with van der Waals surface area (Å²) in [6.45, 7) is -0.158. The van der Waals surface area contributed by atoms with Crippen molar-refractivity contribution in [3.05, 3.63) is 59.7 Å². The number of fused-ring (bicyclic) bond motifs is 4. The Kier molecular flexibility index (Phi) is 3.80. The molecule has 7 nitrogen and oxygen atoms in total. The van der Waals surface area contributed by atoms with Crippen LogP contribution in [0.15, 0.2) is 48.5 Å². The summed E-state index contributed by atoms with van der Waals surface area (Å²) >= 11 is 0. The van der Waals surface area contributed by atoms with Gasteiger partial charge in [-0.05, 0) is 22.3 Å². The Balaban J connectivity index is 1.34. The fraction of sp³-hybridized carbons (Fsp3) is 0.333. The standard InChI is InChI=1S/C21H19NO6S/c23-19(24)21-11-22(9-18(21)29(26,27)12-21)20(25)28-10-17-15-7-3-1-5-13(15)14-6-2-4-8-16(14)17/h1-8,17-18H,9-12H2,(H,23,24). The molecule has 1 amide bonds. The molecule has 2 fully saturated rings. The molecule has 2 aromatic rings. The molecule has 3 aliphatic rings. The third kappa shape index (κ3) is 2.51. The maximum Gasteiger partial charge on any atom is 0.409 e. The van der Waals surface area contributed by atoms with Gasteiger partial charge in [-0.3, -0.25) is 4.79 Å². The maximum absolute atomic E-state index is 12.6. The van der Waals surface area contributed by atoms with E-state index < -0.39 is 38.3 Å². The van der Waals surface area contributed by atoms with Gasteiger partial charge in [0, 0.05) is 19.0 Å². The number of ether oxygens (including phenoxy) is 1. The largest absolute Gasteiger partial charge is 0.481 e. The van der Waals surface area contributed by atoms with E-state index in [1.807, 2.05) is 48.5 Å². The summed E-state index contributed by atoms with van der Waals surface area (Å²) in [7, 11) is -3.47. The van der Waals surface area contributed by atoms with Crippen molar-refractivity contribution in [2.45, 2.75) is 11.2 Å². The van der Waals surface area contributed by atoms with Crippen molar-refractivity contribution in [3.8, 4) is 11.1 Å². The summed E-state index contributed by atoms with van der Waals surface area (Å²) in [6, 6.07) is 15.9. The molecule has 0 spiro atoms. The molecule has 29 heavy (non-hydrogen) atoms. The molecular formula is C21H19NO6S. The number of likely N-dealkylation sites (tertiary alicyclic amines) is 1. The fourth-order valence-corrected chi connectivity index (χ4v) is 7.32. The van der Waals surface area contributed by atoms with Gasteiger partial charge in [0.25, 0.3) is 0 Å². The quantitative estimate of drug-likeness (QED) is 0.827. The molecule has 2 heterocycles. The number of nitrogens with zero attached hydrogens (tertiary/aromatic N) is 1. The summed E-state index contributed by atoms with van der Waals surface area (Å²) in [5.41, 5.74) is 2.98. The molecule has 0 aromatic heterocycles. The van der Waals surface area contributed by atoms with Crippen LogP contribution >= 0.6 is 0 Å². The zero-order valence-corrected chi connectivity index (χ0v) is 16.3. The number of amides is 1. The third-order valence-electron chi connectivity index (χ3n) is 6.39. The first kappa shape index (κ1) is 18.2. The molecule has 1 aliphatic carbocycles. The van der Waals surface area contributed by atoms with Gasteiger partial charge in [0.05, 0.1) is 11.0 Å². The average molecular weight is 413 g/mol. The highest BCUT2D eigenvalue weighted by atomic mass is 32.2. The first-order chi connectivity index (χ1) is 13.8. The molecular weight excluding hydrogens is 394 g/mol. The van der Waals surface area contributed by atoms with Gasteiger partial charge in [-0.15, -0.1) is 0 Å². The van der Waals surface area contributed by atoms with E-state index in [4.69, 9.17) is 4.74 Å². The number of hydrogen-bond donors (Lipinski definition) is 1. The predicted octanol–water partition coefficient (Wildman–Crippen LogP) is 2.12. The molecule has 2 atom stereocenters. The average Bonchev–Trinajstić information content (AvgIpc) is 3.21. The highest BCUT2D eigenvalue weighted by molar-refractivity contribution is 7.93. The van der Waals surface area contributed by atoms with E-state index in [2.05, 4.69) is 0 Å². The van der Waals surface area contributed by atoms with E-state index >= 15 is 0 Å². The van der Waals surface area contributed by atoms with Gasteiger partial charge < -0.3 is 14.7 Å². The highest BCUT2D eigenvalue weighted by Crippen LogP contribution is 2.47. The Morgan fingerprint density at radius 1 is 1.07 bits per heavy atom. The van der Waals surface area contributed by atoms with Gasteiger partial charge in [-0.25, -0.2) is 13.2 Å². The van der Waals surface area contributed by atoms with E-state index in [9.17, 15) is 23.1 Å². The number of carbonyl (C=O) groups is 2. The van der Waals surface area contributed by atoms with Crippen molar-refractivity contribution in [3.63, 3.8) is 0 Å². The summed E-state index contributed by atoms with van der Waals surface area (Å²) in [6.07, 6.45) is -0.669. The molecule has 150 valence electrons. The van der Waals surface area contributed by atoms with Crippen LogP contribution in [-0.4, -0.2) is 61.2 Å². The molecule has 5 rings (SSSR count). The molecule has 2 unspecified atom stereocenters. The predicted molar refractivity (Wildman–Crippen MR) is 104 cm³/mol. The number of carboxylic acid groups (broad SMARTS) is 1. The lowest BCUT2D eigenvalue weighted by atomic mass is 9.88. The van der Waals surface area contributed by atoms with Crippen molar-refractivity contribution in [1.82, 2.24) is 4.90 Å². The Hall–Kier alpha value is -2.87. The second-order valence-electron chi connectivity index (χ2n) is 7.94. The number of aliphatic carboxylic acids is 1. The summed E-state index contributed by atoms with van der Waals surface area (Å²) < 4.78 is 29.5. The van der Waals surface area contributed by atoms with Crippen molar-refractivity contribution in [2.24, 2.45) is 5.41 Å². The van der Waals surface area contributed by atoms with Crippen LogP contribution in [0.5, 0.6) is 0 Å². The fourth-order valence-electron chi connectivity index (χ4n) is 4.93. The summed E-state index contributed by atoms with van der Waals surface area (Å²) in [4.78, 5) is 25.5. The summed E-state index contributed by atoms with van der Waals surface area (Å²) in [5.74, 6) is -1.71. The van der Waals surface area contributed by atoms with Gasteiger partial charge in [0.15, 0.2) is 9.84 Å². The minimum atomic E-state index is -3.47. The SMILES string of the molecule is O=C(OCC1c2ccccc2-c2ccccc21)N1CC2C(C(=O)O)(C1)CS2(=O)=O. The van der Waals surface area contributed by atoms with Crippen LogP contribution in [0.2, 0.25) is 0 Å². The lowest BCUT2D eigenvalue weighted by Crippen LogP contribution is -2.61. The van der Waals surface area contributed by atoms with Crippen molar-refractivity contribution in [1.29, 1.82) is 0 Å². The van der Waals surface area contributed by atoms with Crippen LogP contribution in [0.4, 0.5) is 4.79 Å². The number of rotatable bonds is 3. The molecule has 2 aliphatic heterocycles. The van der Waals surface area contributed by atoms with Crippen LogP contribution < -0.4 is 0 Å². The zero-order valence-electron chi connectivity index (χ0n) is 15.4. The lowest BCUT2D eigenvalue weighted by Gasteiger charge is -2.38. The van der Waals surface area contributed by atoms with Crippen molar-refractivity contribution in [2.75, 3.05) is 25.4 Å². The van der Waals surface area contributed by atoms with Gasteiger partial charge in [0.2, 0.25) is 0 Å². The molecule has 0 radical (unpaired) electrons. The van der Waals surface area contributed by atoms with Crippen LogP contribution in [0.25, 0.3) is 11.1 Å². The molecule has 0 bridgehead atoms. The van der Waals surface area contributed by atoms with Crippen LogP contribution in [0, 0.1) is 5.41 Å². The Morgan fingerprint density at radius 3 is 2.17 bits per heavy atom. The van der Waals surface area contributed by atoms with Gasteiger partial charge in [-0.2, -0.15) is 0 Å². The van der Waals surface area contributed by atoms with Gasteiger partial charge >= 0.3 is 12.1 Å². The maximum atomic E-state index is 12.6. The van der Waals surface area contributed by atoms with Crippen molar-refractivity contribution < 1.29 is 27.9 Å². The van der Waals surface area contributed by atoms with E-state index in [1.54, 1.807) is 0 Å². The first-order valence-corrected chi connectivity index (χ1v) is 11.1. The molecule has 0 saturated carbocycles. The minimum absolute atomic E-state index is 0.108. The van der Waals surface area contributed by atoms with Crippen LogP contribution in [-0.2, 0) is 19.4 Å². The van der Waals surface area contributed by atoms with E-state index in [-0.39, 0.29) is 25.6 Å². The smallest absolute Gasteiger partial charge is 0.409 e. The summed E-state index contributed by atoms with van der Waals surface area (Å²) in [5, 5.41) is 8.46. The number of benzene rings is 2. The zero-order chi connectivity index (χ0) is 20.4. The molecule has 2 saturated heterocycles. The second-order valence-corrected chi connectivity index (χ2v) is 10.1. The Bertz CT molecular complexity index is 1100. The topological polar surface area (TPSA) is 101 Å². The normalized spacial score (nSPS) is 26.2. The minimum Gasteiger partial charge on any atom is -0.481 e. The lowest BCUT2D eigenvalue weighted by molar-refractivity contribution is -0.147. The first-order valence-electron chi connectivity index (χ1n) is 9.38. The van der Waals surface area contributed by atoms with E-state index in [0.717, 1.165) is 22.3 Å². The molecule has 2 aromatic carbocycles. The number of carboxylic acids is 1. The van der Waals surface area contributed by atoms with Gasteiger partial charge in [-0.1, -0.05) is 48.5 Å². The number of hydrogen-bond acceptors (Lipinski definition) is 5. The monoisotopic (exact) mass is 413 g/mol. The second kappa shape index (κ2) is 6.06. The third-order valence-corrected chi connectivity index (χ3v) is 8.77. The Morgan fingerprint density at radius 2 is 1.66 bits per heavy atom. The van der Waals surface area contributed by atoms with E-state index in [1.165, 1.54) is 4.90 Å². The molecule has 8 heteroatoms. The molecule has 1 N–H and O–H groups in total. The van der Waals surface area contributed by atoms with Crippen LogP contribution in [0.1, 0.15) is 17.0 Å². The number of carbonyl (C=O) groups excluding carboxylic acids is 1. The van der Waals surface area contributed by atoms with E-state index in [0.29, 0.717) is 0 Å². The Labute approximate surface area is 167 Å². The highest BCUT2D eigenvalue weighted by Gasteiger charge is 2.68.